The molecule has 1 amide bonds. The summed E-state index contributed by atoms with van der Waals surface area (Å²) >= 11 is 0. The van der Waals surface area contributed by atoms with E-state index in [1.165, 1.54) is 12.0 Å². The highest BCUT2D eigenvalue weighted by atomic mass is 16.2. The van der Waals surface area contributed by atoms with Gasteiger partial charge in [0.05, 0.1) is 22.5 Å². The van der Waals surface area contributed by atoms with Gasteiger partial charge in [0.25, 0.3) is 5.91 Å². The lowest BCUT2D eigenvalue weighted by Crippen LogP contribution is -2.52. The van der Waals surface area contributed by atoms with Crippen molar-refractivity contribution in [1.29, 1.82) is 0 Å². The number of benzene rings is 2. The van der Waals surface area contributed by atoms with Gasteiger partial charge in [0.15, 0.2) is 0 Å². The molecule has 2 aliphatic heterocycles. The van der Waals surface area contributed by atoms with E-state index in [1.54, 1.807) is 0 Å². The summed E-state index contributed by atoms with van der Waals surface area (Å²) in [4.78, 5) is 31.4. The molecule has 158 valence electrons. The monoisotopic (exact) mass is 413 g/mol. The second kappa shape index (κ2) is 6.98. The molecule has 3 heterocycles. The molecule has 1 aromatic heterocycles. The molecular formula is C26H27N3O2. The van der Waals surface area contributed by atoms with E-state index in [1.807, 2.05) is 46.8 Å². The van der Waals surface area contributed by atoms with Crippen molar-refractivity contribution in [2.24, 2.45) is 5.92 Å². The standard InChI is InChI=1S/C26H27N3O2/c1-27-21-13-7-6-12-20(21)26(31)28-16-15-19-18-11-5-8-14-22(18)29(23(19)24(27)28)25(30)17-9-3-2-4-10-17/h5-8,11-14,17,24H,2-4,9-10,15-16H2,1H3. The molecule has 0 N–H and O–H groups in total. The summed E-state index contributed by atoms with van der Waals surface area (Å²) in [6.07, 6.45) is 5.92. The van der Waals surface area contributed by atoms with Crippen molar-refractivity contribution in [3.8, 4) is 0 Å². The van der Waals surface area contributed by atoms with E-state index in [0.29, 0.717) is 6.54 Å². The van der Waals surface area contributed by atoms with Crippen molar-refractivity contribution in [3.63, 3.8) is 0 Å². The Morgan fingerprint density at radius 1 is 0.968 bits per heavy atom. The molecule has 31 heavy (non-hydrogen) atoms. The average Bonchev–Trinajstić information content (AvgIpc) is 3.17. The number of carbonyl (C=O) groups is 2. The molecule has 2 aromatic carbocycles. The second-order valence-electron chi connectivity index (χ2n) is 9.14. The first-order chi connectivity index (χ1) is 15.2. The number of para-hydroxylation sites is 2. The Balaban J connectivity index is 1.58. The largest absolute Gasteiger partial charge is 0.349 e. The molecule has 0 bridgehead atoms. The van der Waals surface area contributed by atoms with Crippen molar-refractivity contribution in [3.05, 3.63) is 65.4 Å². The fourth-order valence-electron chi connectivity index (χ4n) is 5.99. The highest BCUT2D eigenvalue weighted by Gasteiger charge is 2.44. The zero-order valence-electron chi connectivity index (χ0n) is 17.9. The number of carbonyl (C=O) groups excluding carboxylic acids is 2. The van der Waals surface area contributed by atoms with Crippen LogP contribution in [0.1, 0.15) is 64.7 Å². The van der Waals surface area contributed by atoms with Crippen molar-refractivity contribution < 1.29 is 9.59 Å². The minimum absolute atomic E-state index is 0.0614. The maximum absolute atomic E-state index is 13.9. The molecular weight excluding hydrogens is 386 g/mol. The highest BCUT2D eigenvalue weighted by Crippen LogP contribution is 2.45. The van der Waals surface area contributed by atoms with Crippen LogP contribution < -0.4 is 4.90 Å². The minimum atomic E-state index is -0.258. The molecule has 5 nitrogen and oxygen atoms in total. The van der Waals surface area contributed by atoms with E-state index in [2.05, 4.69) is 23.1 Å². The number of aromatic nitrogens is 1. The van der Waals surface area contributed by atoms with Crippen LogP contribution in [0, 0.1) is 5.92 Å². The molecule has 3 aliphatic rings. The number of hydrogen-bond donors (Lipinski definition) is 0. The summed E-state index contributed by atoms with van der Waals surface area (Å²) < 4.78 is 1.98. The van der Waals surface area contributed by atoms with Gasteiger partial charge in [0, 0.05) is 24.9 Å². The maximum atomic E-state index is 13.9. The number of fused-ring (bicyclic) bond motifs is 6. The Labute approximate surface area is 182 Å². The van der Waals surface area contributed by atoms with Crippen molar-refractivity contribution in [1.82, 2.24) is 9.47 Å². The highest BCUT2D eigenvalue weighted by molar-refractivity contribution is 6.03. The SMILES string of the molecule is CN1c2ccccc2C(=O)N2CCc3c(n(C(=O)C4CCCCC4)c4ccccc34)C21. The minimum Gasteiger partial charge on any atom is -0.349 e. The molecule has 5 heteroatoms. The summed E-state index contributed by atoms with van der Waals surface area (Å²) in [5.74, 6) is 0.339. The molecule has 1 fully saturated rings. The summed E-state index contributed by atoms with van der Waals surface area (Å²) in [5.41, 5.74) is 4.88. The van der Waals surface area contributed by atoms with Crippen molar-refractivity contribution in [2.45, 2.75) is 44.7 Å². The molecule has 0 radical (unpaired) electrons. The van der Waals surface area contributed by atoms with E-state index in [0.717, 1.165) is 60.0 Å². The maximum Gasteiger partial charge on any atom is 0.257 e. The smallest absolute Gasteiger partial charge is 0.257 e. The van der Waals surface area contributed by atoms with Crippen LogP contribution >= 0.6 is 0 Å². The fraction of sp³-hybridized carbons (Fsp3) is 0.385. The van der Waals surface area contributed by atoms with Gasteiger partial charge in [0.1, 0.15) is 6.17 Å². The van der Waals surface area contributed by atoms with Crippen molar-refractivity contribution in [2.75, 3.05) is 18.5 Å². The topological polar surface area (TPSA) is 45.6 Å². The van der Waals surface area contributed by atoms with Crippen LogP contribution in [0.4, 0.5) is 5.69 Å². The van der Waals surface area contributed by atoms with E-state index < -0.39 is 0 Å². The van der Waals surface area contributed by atoms with Gasteiger partial charge in [-0.1, -0.05) is 49.6 Å². The predicted molar refractivity (Wildman–Crippen MR) is 121 cm³/mol. The molecule has 3 aromatic rings. The van der Waals surface area contributed by atoms with Gasteiger partial charge in [-0.25, -0.2) is 0 Å². The summed E-state index contributed by atoms with van der Waals surface area (Å²) in [6.45, 7) is 0.667. The number of hydrogen-bond acceptors (Lipinski definition) is 3. The third-order valence-corrected chi connectivity index (χ3v) is 7.48. The van der Waals surface area contributed by atoms with E-state index >= 15 is 0 Å². The first kappa shape index (κ1) is 18.7. The molecule has 1 aliphatic carbocycles. The summed E-state index contributed by atoms with van der Waals surface area (Å²) in [6, 6.07) is 16.1. The Bertz CT molecular complexity index is 1200. The third kappa shape index (κ3) is 2.62. The van der Waals surface area contributed by atoms with Gasteiger partial charge in [-0.2, -0.15) is 0 Å². The van der Waals surface area contributed by atoms with Gasteiger partial charge >= 0.3 is 0 Å². The fourth-order valence-corrected chi connectivity index (χ4v) is 5.99. The second-order valence-corrected chi connectivity index (χ2v) is 9.14. The van der Waals surface area contributed by atoms with Gasteiger partial charge in [0.2, 0.25) is 5.91 Å². The van der Waals surface area contributed by atoms with Gasteiger partial charge in [-0.05, 0) is 43.0 Å². The molecule has 0 spiro atoms. The van der Waals surface area contributed by atoms with E-state index in [9.17, 15) is 9.59 Å². The van der Waals surface area contributed by atoms with Gasteiger partial charge < -0.3 is 9.80 Å². The van der Waals surface area contributed by atoms with Gasteiger partial charge in [-0.15, -0.1) is 0 Å². The van der Waals surface area contributed by atoms with E-state index in [4.69, 9.17) is 0 Å². The summed E-state index contributed by atoms with van der Waals surface area (Å²) in [7, 11) is 2.05. The van der Waals surface area contributed by atoms with Crippen LogP contribution in [0.5, 0.6) is 0 Å². The summed E-state index contributed by atoms with van der Waals surface area (Å²) in [5, 5.41) is 1.15. The lowest BCUT2D eigenvalue weighted by molar-refractivity contribution is 0.0615. The van der Waals surface area contributed by atoms with Crippen LogP contribution in [0.3, 0.4) is 0 Å². The first-order valence-electron chi connectivity index (χ1n) is 11.5. The molecule has 1 saturated carbocycles. The first-order valence-corrected chi connectivity index (χ1v) is 11.5. The van der Waals surface area contributed by atoms with Crippen molar-refractivity contribution >= 4 is 28.4 Å². The van der Waals surface area contributed by atoms with Gasteiger partial charge in [-0.3, -0.25) is 14.2 Å². The average molecular weight is 414 g/mol. The number of amides is 1. The Hall–Kier alpha value is -3.08. The van der Waals surface area contributed by atoms with E-state index in [-0.39, 0.29) is 23.9 Å². The number of anilines is 1. The third-order valence-electron chi connectivity index (χ3n) is 7.48. The van der Waals surface area contributed by atoms with Crippen LogP contribution in [-0.2, 0) is 6.42 Å². The molecule has 1 atom stereocenters. The number of rotatable bonds is 1. The van der Waals surface area contributed by atoms with Crippen LogP contribution in [0.25, 0.3) is 10.9 Å². The Morgan fingerprint density at radius 3 is 2.55 bits per heavy atom. The Kier molecular flexibility index (Phi) is 4.20. The Morgan fingerprint density at radius 2 is 1.71 bits per heavy atom. The number of nitrogens with zero attached hydrogens (tertiary/aromatic N) is 3. The van der Waals surface area contributed by atoms with Crippen LogP contribution in [0.2, 0.25) is 0 Å². The molecule has 6 rings (SSSR count). The lowest BCUT2D eigenvalue weighted by Gasteiger charge is -2.46. The zero-order valence-corrected chi connectivity index (χ0v) is 17.9. The van der Waals surface area contributed by atoms with Crippen LogP contribution in [-0.4, -0.2) is 34.9 Å². The molecule has 0 saturated heterocycles. The lowest BCUT2D eigenvalue weighted by atomic mass is 9.88. The normalized spacial score (nSPS) is 21.1. The zero-order chi connectivity index (χ0) is 21.1. The predicted octanol–water partition coefficient (Wildman–Crippen LogP) is 5.01. The molecule has 1 unspecified atom stereocenters. The van der Waals surface area contributed by atoms with Crippen LogP contribution in [0.15, 0.2) is 48.5 Å². The quantitative estimate of drug-likeness (QED) is 0.563.